The second kappa shape index (κ2) is 9.51. The Morgan fingerprint density at radius 2 is 1.03 bits per heavy atom. The van der Waals surface area contributed by atoms with Crippen molar-refractivity contribution in [3.63, 3.8) is 0 Å². The fourth-order valence-electron chi connectivity index (χ4n) is 3.19. The second-order valence-corrected chi connectivity index (χ2v) is 9.52. The Morgan fingerprint density at radius 1 is 0.647 bits per heavy atom. The lowest BCUT2D eigenvalue weighted by atomic mass is 10.1. The van der Waals surface area contributed by atoms with Crippen molar-refractivity contribution in [2.45, 2.75) is 6.17 Å². The van der Waals surface area contributed by atoms with Gasteiger partial charge in [0.2, 0.25) is 0 Å². The van der Waals surface area contributed by atoms with Gasteiger partial charge < -0.3 is 15.3 Å². The smallest absolute Gasteiger partial charge is 0.164 e. The number of phenolic OH excluding ortho intramolecular Hbond substituents is 3. The fraction of sp³-hybridized carbons (Fsp3) is 0.0476. The number of hydrogen-bond acceptors (Lipinski definition) is 7. The minimum atomic E-state index is -0.934. The Balaban J connectivity index is 1.94. The lowest BCUT2D eigenvalue weighted by Crippen LogP contribution is -2.43. The first-order chi connectivity index (χ1) is 16.0. The third-order valence-electron chi connectivity index (χ3n) is 4.85. The summed E-state index contributed by atoms with van der Waals surface area (Å²) in [6.07, 6.45) is -0.934. The van der Waals surface area contributed by atoms with Crippen LogP contribution in [0, 0.1) is 0 Å². The van der Waals surface area contributed by atoms with Crippen molar-refractivity contribution < 1.29 is 15.3 Å². The Hall–Kier alpha value is -2.10. The standard InChI is InChI=1S/C21H12Cl6N4O3/c22-10-1-7(2-11(23)16(10)32)19-29-20(8-3-12(24)17(33)13(25)4-8)31(28)21(30-19)9-5-14(26)18(34)15(27)6-9/h1-6,20,32-34H,28H2. The molecule has 0 aliphatic carbocycles. The minimum Gasteiger partial charge on any atom is -0.505 e. The zero-order valence-electron chi connectivity index (χ0n) is 16.6. The van der Waals surface area contributed by atoms with Crippen molar-refractivity contribution in [3.05, 3.63) is 83.2 Å². The molecule has 13 heteroatoms. The molecule has 0 amide bonds. The first kappa shape index (κ1) is 25.0. The number of nitrogens with zero attached hydrogens (tertiary/aromatic N) is 3. The predicted octanol–water partition coefficient (Wildman–Crippen LogP) is 6.81. The highest BCUT2D eigenvalue weighted by atomic mass is 35.5. The zero-order chi connectivity index (χ0) is 24.9. The maximum absolute atomic E-state index is 9.95. The lowest BCUT2D eigenvalue weighted by Gasteiger charge is -2.32. The summed E-state index contributed by atoms with van der Waals surface area (Å²) in [7, 11) is 0. The predicted molar refractivity (Wildman–Crippen MR) is 136 cm³/mol. The second-order valence-electron chi connectivity index (χ2n) is 7.08. The highest BCUT2D eigenvalue weighted by Gasteiger charge is 2.30. The summed E-state index contributed by atoms with van der Waals surface area (Å²) in [5.41, 5.74) is 1.15. The number of amidine groups is 2. The quantitative estimate of drug-likeness (QED) is 0.254. The molecule has 3 aromatic rings. The number of hydrogen-bond donors (Lipinski definition) is 4. The molecule has 0 aromatic heterocycles. The molecule has 1 unspecified atom stereocenters. The van der Waals surface area contributed by atoms with E-state index in [4.69, 9.17) is 75.4 Å². The molecule has 3 aromatic carbocycles. The first-order valence-corrected chi connectivity index (χ1v) is 11.5. The molecule has 0 saturated carbocycles. The van der Waals surface area contributed by atoms with Crippen LogP contribution in [0.5, 0.6) is 17.2 Å². The first-order valence-electron chi connectivity index (χ1n) is 9.23. The third kappa shape index (κ3) is 4.57. The van der Waals surface area contributed by atoms with Crippen LogP contribution in [0.4, 0.5) is 0 Å². The number of nitrogens with two attached hydrogens (primary N) is 1. The van der Waals surface area contributed by atoms with Crippen LogP contribution < -0.4 is 5.84 Å². The van der Waals surface area contributed by atoms with E-state index >= 15 is 0 Å². The van der Waals surface area contributed by atoms with Gasteiger partial charge in [-0.25, -0.2) is 15.8 Å². The van der Waals surface area contributed by atoms with Crippen LogP contribution in [0.1, 0.15) is 22.9 Å². The summed E-state index contributed by atoms with van der Waals surface area (Å²) in [6.45, 7) is 0. The van der Waals surface area contributed by atoms with Gasteiger partial charge in [0.1, 0.15) is 0 Å². The largest absolute Gasteiger partial charge is 0.505 e. The van der Waals surface area contributed by atoms with Gasteiger partial charge >= 0.3 is 0 Å². The molecular weight excluding hydrogens is 569 g/mol. The average Bonchev–Trinajstić information content (AvgIpc) is 2.78. The van der Waals surface area contributed by atoms with E-state index in [1.807, 2.05) is 0 Å². The van der Waals surface area contributed by atoms with Crippen molar-refractivity contribution in [1.82, 2.24) is 5.01 Å². The van der Waals surface area contributed by atoms with Crippen LogP contribution in [0.3, 0.4) is 0 Å². The van der Waals surface area contributed by atoms with Gasteiger partial charge in [-0.2, -0.15) is 0 Å². The molecule has 0 bridgehead atoms. The molecule has 0 radical (unpaired) electrons. The van der Waals surface area contributed by atoms with Crippen molar-refractivity contribution in [2.24, 2.45) is 15.8 Å². The Labute approximate surface area is 223 Å². The summed E-state index contributed by atoms with van der Waals surface area (Å²) in [5, 5.41) is 31.0. The van der Waals surface area contributed by atoms with Crippen molar-refractivity contribution in [1.29, 1.82) is 0 Å². The van der Waals surface area contributed by atoms with Crippen LogP contribution in [-0.4, -0.2) is 32.0 Å². The van der Waals surface area contributed by atoms with Gasteiger partial charge in [-0.05, 0) is 36.4 Å². The van der Waals surface area contributed by atoms with Crippen LogP contribution in [-0.2, 0) is 0 Å². The highest BCUT2D eigenvalue weighted by Crippen LogP contribution is 2.39. The summed E-state index contributed by atoms with van der Waals surface area (Å²) in [6, 6.07) is 8.61. The van der Waals surface area contributed by atoms with Gasteiger partial charge in [0, 0.05) is 16.7 Å². The van der Waals surface area contributed by atoms with Crippen LogP contribution in [0.2, 0.25) is 30.1 Å². The number of rotatable bonds is 3. The fourth-order valence-corrected chi connectivity index (χ4v) is 4.67. The number of phenols is 3. The van der Waals surface area contributed by atoms with Crippen LogP contribution in [0.15, 0.2) is 46.4 Å². The van der Waals surface area contributed by atoms with Crippen molar-refractivity contribution in [3.8, 4) is 17.2 Å². The molecule has 4 rings (SSSR count). The lowest BCUT2D eigenvalue weighted by molar-refractivity contribution is 0.332. The molecule has 1 aliphatic heterocycles. The molecule has 1 aliphatic rings. The van der Waals surface area contributed by atoms with E-state index in [-0.39, 0.29) is 59.1 Å². The molecule has 0 fully saturated rings. The molecule has 176 valence electrons. The number of aliphatic imine (C=N–C) groups is 2. The van der Waals surface area contributed by atoms with Gasteiger partial charge in [-0.1, -0.05) is 69.6 Å². The molecule has 5 N–H and O–H groups in total. The molecule has 1 atom stereocenters. The molecule has 0 spiro atoms. The molecule has 0 saturated heterocycles. The number of hydrazine groups is 1. The van der Waals surface area contributed by atoms with E-state index in [2.05, 4.69) is 9.98 Å². The molecule has 1 heterocycles. The summed E-state index contributed by atoms with van der Waals surface area (Å²) < 4.78 is 0. The van der Waals surface area contributed by atoms with E-state index in [0.717, 1.165) is 0 Å². The van der Waals surface area contributed by atoms with Crippen molar-refractivity contribution >= 4 is 81.3 Å². The van der Waals surface area contributed by atoms with Gasteiger partial charge in [0.25, 0.3) is 0 Å². The van der Waals surface area contributed by atoms with E-state index in [0.29, 0.717) is 16.7 Å². The Bertz CT molecular complexity index is 1330. The average molecular weight is 581 g/mol. The summed E-state index contributed by atoms with van der Waals surface area (Å²) in [4.78, 5) is 9.10. The third-order valence-corrected chi connectivity index (χ3v) is 6.58. The monoisotopic (exact) mass is 578 g/mol. The normalized spacial score (nSPS) is 15.9. The summed E-state index contributed by atoms with van der Waals surface area (Å²) >= 11 is 36.6. The van der Waals surface area contributed by atoms with Gasteiger partial charge in [-0.15, -0.1) is 0 Å². The van der Waals surface area contributed by atoms with Crippen LogP contribution >= 0.6 is 69.6 Å². The van der Waals surface area contributed by atoms with Crippen molar-refractivity contribution in [2.75, 3.05) is 0 Å². The number of aromatic hydroxyl groups is 3. The van der Waals surface area contributed by atoms with E-state index in [1.165, 1.54) is 41.4 Å². The summed E-state index contributed by atoms with van der Waals surface area (Å²) in [5.74, 6) is 5.82. The maximum atomic E-state index is 9.95. The molecular formula is C21H12Cl6N4O3. The molecule has 34 heavy (non-hydrogen) atoms. The Kier molecular flexibility index (Phi) is 6.99. The zero-order valence-corrected chi connectivity index (χ0v) is 21.1. The van der Waals surface area contributed by atoms with Crippen LogP contribution in [0.25, 0.3) is 0 Å². The minimum absolute atomic E-state index is 0.0110. The molecule has 7 nitrogen and oxygen atoms in total. The van der Waals surface area contributed by atoms with Gasteiger partial charge in [0.15, 0.2) is 35.1 Å². The maximum Gasteiger partial charge on any atom is 0.164 e. The Morgan fingerprint density at radius 3 is 1.47 bits per heavy atom. The SMILES string of the molecule is NN1C(c2cc(Cl)c(O)c(Cl)c2)=NC(c2cc(Cl)c(O)c(Cl)c2)=NC1c1cc(Cl)c(O)c(Cl)c1. The van der Waals surface area contributed by atoms with E-state index < -0.39 is 6.17 Å². The number of benzene rings is 3. The number of halogens is 6. The topological polar surface area (TPSA) is 115 Å². The highest BCUT2D eigenvalue weighted by molar-refractivity contribution is 6.39. The van der Waals surface area contributed by atoms with E-state index in [1.54, 1.807) is 0 Å². The van der Waals surface area contributed by atoms with Gasteiger partial charge in [0.05, 0.1) is 30.1 Å². The van der Waals surface area contributed by atoms with Gasteiger partial charge in [-0.3, -0.25) is 5.01 Å². The van der Waals surface area contributed by atoms with E-state index in [9.17, 15) is 15.3 Å².